The predicted molar refractivity (Wildman–Crippen MR) is 76.1 cm³/mol. The molecule has 1 atom stereocenters. The van der Waals surface area contributed by atoms with Crippen LogP contribution in [-0.4, -0.2) is 33.6 Å². The highest BCUT2D eigenvalue weighted by atomic mass is 32.2. The molecule has 3 nitrogen and oxygen atoms in total. The van der Waals surface area contributed by atoms with Crippen molar-refractivity contribution >= 4 is 11.8 Å². The van der Waals surface area contributed by atoms with E-state index in [1.165, 1.54) is 11.8 Å². The molecule has 1 heterocycles. The third-order valence-corrected chi connectivity index (χ3v) is 4.31. The lowest BCUT2D eigenvalue weighted by Crippen LogP contribution is -2.28. The van der Waals surface area contributed by atoms with Crippen LogP contribution in [0.25, 0.3) is 0 Å². The second-order valence-corrected chi connectivity index (χ2v) is 5.41. The fourth-order valence-electron chi connectivity index (χ4n) is 2.62. The highest BCUT2D eigenvalue weighted by Gasteiger charge is 2.25. The molecule has 1 aliphatic rings. The summed E-state index contributed by atoms with van der Waals surface area (Å²) in [5.41, 5.74) is 0.904. The van der Waals surface area contributed by atoms with Crippen molar-refractivity contribution in [3.8, 4) is 11.5 Å². The van der Waals surface area contributed by atoms with Crippen molar-refractivity contribution < 1.29 is 13.9 Å². The maximum absolute atomic E-state index is 14.2. The van der Waals surface area contributed by atoms with Crippen molar-refractivity contribution in [2.24, 2.45) is 0 Å². The Labute approximate surface area is 117 Å². The monoisotopic (exact) mass is 285 g/mol. The molecule has 0 amide bonds. The molecule has 1 saturated heterocycles. The van der Waals surface area contributed by atoms with Crippen molar-refractivity contribution in [1.29, 1.82) is 0 Å². The third kappa shape index (κ3) is 2.82. The first-order chi connectivity index (χ1) is 9.22. The molecule has 0 aromatic heterocycles. The average Bonchev–Trinajstić information content (AvgIpc) is 2.46. The Morgan fingerprint density at radius 2 is 2.05 bits per heavy atom. The van der Waals surface area contributed by atoms with Gasteiger partial charge < -0.3 is 14.8 Å². The highest BCUT2D eigenvalue weighted by Crippen LogP contribution is 2.44. The first-order valence-electron chi connectivity index (χ1n) is 6.42. The van der Waals surface area contributed by atoms with E-state index in [-0.39, 0.29) is 11.7 Å². The van der Waals surface area contributed by atoms with Crippen LogP contribution >= 0.6 is 11.8 Å². The second-order valence-electron chi connectivity index (χ2n) is 4.59. The number of thioether (sulfide) groups is 1. The molecule has 1 N–H and O–H groups in total. The van der Waals surface area contributed by atoms with Gasteiger partial charge in [-0.1, -0.05) is 0 Å². The summed E-state index contributed by atoms with van der Waals surface area (Å²) in [6.07, 6.45) is 3.98. The van der Waals surface area contributed by atoms with Crippen LogP contribution in [0.5, 0.6) is 11.5 Å². The van der Waals surface area contributed by atoms with Crippen LogP contribution < -0.4 is 14.8 Å². The van der Waals surface area contributed by atoms with Gasteiger partial charge in [-0.25, -0.2) is 4.39 Å². The third-order valence-electron chi connectivity index (χ3n) is 3.52. The fraction of sp³-hybridized carbons (Fsp3) is 0.571. The van der Waals surface area contributed by atoms with Crippen LogP contribution in [0.2, 0.25) is 0 Å². The number of ether oxygens (including phenoxy) is 2. The molecule has 0 bridgehead atoms. The molecule has 0 radical (unpaired) electrons. The molecule has 0 spiro atoms. The van der Waals surface area contributed by atoms with Gasteiger partial charge >= 0.3 is 0 Å². The molecule has 1 unspecified atom stereocenters. The van der Waals surface area contributed by atoms with Crippen molar-refractivity contribution in [1.82, 2.24) is 5.32 Å². The van der Waals surface area contributed by atoms with Crippen LogP contribution in [0.3, 0.4) is 0 Å². The lowest BCUT2D eigenvalue weighted by Gasteiger charge is -2.26. The van der Waals surface area contributed by atoms with Crippen molar-refractivity contribution in [3.05, 3.63) is 17.4 Å². The maximum atomic E-state index is 14.2. The van der Waals surface area contributed by atoms with E-state index in [9.17, 15) is 4.39 Å². The maximum Gasteiger partial charge on any atom is 0.177 e. The molecule has 106 valence electrons. The number of methoxy groups -OCH3 is 2. The standard InChI is InChI=1S/C14H20FNO2S/c1-17-12-10(9-5-4-6-16-8-9)7-11(15)14(19-3)13(12)18-2/h7,9,16H,4-6,8H2,1-3H3. The number of hydrogen-bond acceptors (Lipinski definition) is 4. The first-order valence-corrected chi connectivity index (χ1v) is 7.64. The van der Waals surface area contributed by atoms with E-state index in [1.807, 2.05) is 6.26 Å². The van der Waals surface area contributed by atoms with Gasteiger partial charge in [0.2, 0.25) is 0 Å². The number of benzene rings is 1. The van der Waals surface area contributed by atoms with Gasteiger partial charge in [-0.05, 0) is 31.7 Å². The normalized spacial score (nSPS) is 19.3. The number of nitrogens with one attached hydrogen (secondary N) is 1. The van der Waals surface area contributed by atoms with Gasteiger partial charge in [-0.3, -0.25) is 0 Å². The lowest BCUT2D eigenvalue weighted by atomic mass is 9.90. The summed E-state index contributed by atoms with van der Waals surface area (Å²) >= 11 is 1.34. The van der Waals surface area contributed by atoms with Crippen molar-refractivity contribution in [2.75, 3.05) is 33.6 Å². The van der Waals surface area contributed by atoms with Gasteiger partial charge in [-0.15, -0.1) is 11.8 Å². The molecule has 1 aliphatic heterocycles. The molecule has 1 fully saturated rings. The largest absolute Gasteiger partial charge is 0.493 e. The minimum absolute atomic E-state index is 0.231. The predicted octanol–water partition coefficient (Wildman–Crippen LogP) is 3.03. The summed E-state index contributed by atoms with van der Waals surface area (Å²) < 4.78 is 25.0. The van der Waals surface area contributed by atoms with Gasteiger partial charge in [-0.2, -0.15) is 0 Å². The quantitative estimate of drug-likeness (QED) is 0.861. The Bertz CT molecular complexity index is 448. The average molecular weight is 285 g/mol. The zero-order valence-corrected chi connectivity index (χ0v) is 12.4. The Morgan fingerprint density at radius 1 is 1.32 bits per heavy atom. The van der Waals surface area contributed by atoms with Crippen LogP contribution in [-0.2, 0) is 0 Å². The smallest absolute Gasteiger partial charge is 0.177 e. The van der Waals surface area contributed by atoms with E-state index >= 15 is 0 Å². The molecule has 1 aromatic carbocycles. The summed E-state index contributed by atoms with van der Waals surface area (Å²) in [6, 6.07) is 1.60. The lowest BCUT2D eigenvalue weighted by molar-refractivity contribution is 0.333. The number of rotatable bonds is 4. The second kappa shape index (κ2) is 6.48. The topological polar surface area (TPSA) is 30.5 Å². The molecule has 1 aromatic rings. The molecule has 5 heteroatoms. The highest BCUT2D eigenvalue weighted by molar-refractivity contribution is 7.98. The zero-order chi connectivity index (χ0) is 13.8. The van der Waals surface area contributed by atoms with E-state index in [4.69, 9.17) is 9.47 Å². The SMILES string of the molecule is COc1c(C2CCCNC2)cc(F)c(SC)c1OC. The van der Waals surface area contributed by atoms with Crippen molar-refractivity contribution in [2.45, 2.75) is 23.7 Å². The van der Waals surface area contributed by atoms with Gasteiger partial charge in [0.1, 0.15) is 5.82 Å². The van der Waals surface area contributed by atoms with Gasteiger partial charge in [0.05, 0.1) is 19.1 Å². The molecular weight excluding hydrogens is 265 g/mol. The molecule has 0 saturated carbocycles. The number of hydrogen-bond donors (Lipinski definition) is 1. The minimum atomic E-state index is -0.231. The zero-order valence-electron chi connectivity index (χ0n) is 11.6. The molecule has 0 aliphatic carbocycles. The van der Waals surface area contributed by atoms with E-state index in [0.717, 1.165) is 31.5 Å². The Morgan fingerprint density at radius 3 is 2.58 bits per heavy atom. The van der Waals surface area contributed by atoms with Crippen LogP contribution in [0.4, 0.5) is 4.39 Å². The molecular formula is C14H20FNO2S. The van der Waals surface area contributed by atoms with Crippen LogP contribution in [0, 0.1) is 5.82 Å². The summed E-state index contributed by atoms with van der Waals surface area (Å²) in [4.78, 5) is 0.506. The Balaban J connectivity index is 2.50. The van der Waals surface area contributed by atoms with Crippen LogP contribution in [0.15, 0.2) is 11.0 Å². The van der Waals surface area contributed by atoms with Gasteiger partial charge in [0, 0.05) is 18.0 Å². The van der Waals surface area contributed by atoms with E-state index in [1.54, 1.807) is 20.3 Å². The number of piperidine rings is 1. The Kier molecular flexibility index (Phi) is 4.93. The summed E-state index contributed by atoms with van der Waals surface area (Å²) in [6.45, 7) is 1.89. The summed E-state index contributed by atoms with van der Waals surface area (Å²) in [5.74, 6) is 1.23. The molecule has 2 rings (SSSR count). The minimum Gasteiger partial charge on any atom is -0.493 e. The van der Waals surface area contributed by atoms with Crippen molar-refractivity contribution in [3.63, 3.8) is 0 Å². The molecule has 19 heavy (non-hydrogen) atoms. The number of halogens is 1. The van der Waals surface area contributed by atoms with E-state index < -0.39 is 0 Å². The Hall–Kier alpha value is -0.940. The summed E-state index contributed by atoms with van der Waals surface area (Å²) in [7, 11) is 3.17. The van der Waals surface area contributed by atoms with E-state index in [0.29, 0.717) is 16.4 Å². The fourth-order valence-corrected chi connectivity index (χ4v) is 3.23. The summed E-state index contributed by atoms with van der Waals surface area (Å²) in [5, 5.41) is 3.35. The van der Waals surface area contributed by atoms with Gasteiger partial charge in [0.15, 0.2) is 11.5 Å². The first kappa shape index (κ1) is 14.5. The van der Waals surface area contributed by atoms with Gasteiger partial charge in [0.25, 0.3) is 0 Å². The van der Waals surface area contributed by atoms with Crippen LogP contribution in [0.1, 0.15) is 24.3 Å². The van der Waals surface area contributed by atoms with E-state index in [2.05, 4.69) is 5.32 Å².